The lowest BCUT2D eigenvalue weighted by atomic mass is 9.65. The van der Waals surface area contributed by atoms with Crippen LogP contribution < -0.4 is 5.32 Å². The number of aryl methyl sites for hydroxylation is 1. The highest BCUT2D eigenvalue weighted by atomic mass is 16.6. The van der Waals surface area contributed by atoms with Gasteiger partial charge < -0.3 is 5.32 Å². The quantitative estimate of drug-likeness (QED) is 0.596. The van der Waals surface area contributed by atoms with Crippen LogP contribution in [0.1, 0.15) is 30.4 Å². The zero-order valence-corrected chi connectivity index (χ0v) is 9.45. The first-order chi connectivity index (χ1) is 8.04. The minimum atomic E-state index is -0.480. The molecule has 1 amide bonds. The molecule has 1 aromatic rings. The summed E-state index contributed by atoms with van der Waals surface area (Å²) in [6.07, 6.45) is 2.60. The fourth-order valence-electron chi connectivity index (χ4n) is 2.80. The van der Waals surface area contributed by atoms with Crippen molar-refractivity contribution in [2.75, 3.05) is 5.32 Å². The third kappa shape index (κ3) is 1.16. The zero-order valence-electron chi connectivity index (χ0n) is 9.45. The van der Waals surface area contributed by atoms with Crippen molar-refractivity contribution in [2.24, 2.45) is 0 Å². The highest BCUT2D eigenvalue weighted by molar-refractivity contribution is 6.07. The third-order valence-electron chi connectivity index (χ3n) is 3.93. The smallest absolute Gasteiger partial charge is 0.270 e. The van der Waals surface area contributed by atoms with Crippen LogP contribution in [0.2, 0.25) is 0 Å². The minimum absolute atomic E-state index is 0.00217. The van der Waals surface area contributed by atoms with Gasteiger partial charge in [0, 0.05) is 17.8 Å². The van der Waals surface area contributed by atoms with Crippen LogP contribution in [0.25, 0.3) is 0 Å². The highest BCUT2D eigenvalue weighted by Gasteiger charge is 2.51. The predicted molar refractivity (Wildman–Crippen MR) is 62.0 cm³/mol. The number of nitrogens with one attached hydrogen (secondary N) is 1. The van der Waals surface area contributed by atoms with Gasteiger partial charge in [-0.15, -0.1) is 0 Å². The van der Waals surface area contributed by atoms with Crippen molar-refractivity contribution in [1.29, 1.82) is 0 Å². The standard InChI is InChI=1S/C12H12N2O3/c1-7-5-8(14(16)17)6-9-10(7)13-11(15)12(9)3-2-4-12/h5-6H,2-4H2,1H3,(H,13,15). The van der Waals surface area contributed by atoms with Crippen molar-refractivity contribution in [3.05, 3.63) is 33.4 Å². The van der Waals surface area contributed by atoms with Gasteiger partial charge in [-0.3, -0.25) is 14.9 Å². The summed E-state index contributed by atoms with van der Waals surface area (Å²) in [4.78, 5) is 22.4. The summed E-state index contributed by atoms with van der Waals surface area (Å²) in [5.41, 5.74) is 1.96. The van der Waals surface area contributed by atoms with Crippen LogP contribution in [-0.2, 0) is 10.2 Å². The number of fused-ring (bicyclic) bond motifs is 2. The van der Waals surface area contributed by atoms with Crippen LogP contribution in [0.3, 0.4) is 0 Å². The van der Waals surface area contributed by atoms with E-state index in [4.69, 9.17) is 0 Å². The molecule has 5 nitrogen and oxygen atoms in total. The van der Waals surface area contributed by atoms with E-state index in [0.717, 1.165) is 36.1 Å². The molecule has 1 heterocycles. The molecule has 0 radical (unpaired) electrons. The number of hydrogen-bond acceptors (Lipinski definition) is 3. The number of rotatable bonds is 1. The average molecular weight is 232 g/mol. The van der Waals surface area contributed by atoms with E-state index in [9.17, 15) is 14.9 Å². The number of anilines is 1. The number of carbonyl (C=O) groups excluding carboxylic acids is 1. The van der Waals surface area contributed by atoms with E-state index in [-0.39, 0.29) is 11.6 Å². The second-order valence-corrected chi connectivity index (χ2v) is 4.83. The maximum atomic E-state index is 12.0. The number of nitrogens with zero attached hydrogens (tertiary/aromatic N) is 1. The molecule has 1 aromatic carbocycles. The van der Waals surface area contributed by atoms with Crippen molar-refractivity contribution < 1.29 is 9.72 Å². The molecule has 1 spiro atoms. The Morgan fingerprint density at radius 2 is 2.12 bits per heavy atom. The van der Waals surface area contributed by atoms with E-state index >= 15 is 0 Å². The van der Waals surface area contributed by atoms with Crippen LogP contribution in [-0.4, -0.2) is 10.8 Å². The Bertz CT molecular complexity index is 547. The van der Waals surface area contributed by atoms with Crippen molar-refractivity contribution in [1.82, 2.24) is 0 Å². The highest BCUT2D eigenvalue weighted by Crippen LogP contribution is 2.52. The van der Waals surface area contributed by atoms with E-state index in [2.05, 4.69) is 5.32 Å². The van der Waals surface area contributed by atoms with Gasteiger partial charge in [0.1, 0.15) is 0 Å². The molecule has 88 valence electrons. The van der Waals surface area contributed by atoms with E-state index < -0.39 is 10.3 Å². The fraction of sp³-hybridized carbons (Fsp3) is 0.417. The molecular formula is C12H12N2O3. The maximum absolute atomic E-state index is 12.0. The monoisotopic (exact) mass is 232 g/mol. The number of non-ortho nitro benzene ring substituents is 1. The molecule has 3 rings (SSSR count). The minimum Gasteiger partial charge on any atom is -0.325 e. The van der Waals surface area contributed by atoms with E-state index in [1.54, 1.807) is 13.0 Å². The van der Waals surface area contributed by atoms with Crippen molar-refractivity contribution in [3.63, 3.8) is 0 Å². The molecular weight excluding hydrogens is 220 g/mol. The Labute approximate surface area is 98.0 Å². The van der Waals surface area contributed by atoms with Crippen molar-refractivity contribution in [3.8, 4) is 0 Å². The normalized spacial score (nSPS) is 19.7. The lowest BCUT2D eigenvalue weighted by Crippen LogP contribution is -2.40. The Hall–Kier alpha value is -1.91. The number of carbonyl (C=O) groups is 1. The molecule has 5 heteroatoms. The lowest BCUT2D eigenvalue weighted by molar-refractivity contribution is -0.385. The average Bonchev–Trinajstić information content (AvgIpc) is 2.50. The molecule has 1 N–H and O–H groups in total. The first kappa shape index (κ1) is 10.3. The predicted octanol–water partition coefficient (Wildman–Crippen LogP) is 2.28. The summed E-state index contributed by atoms with van der Waals surface area (Å²) >= 11 is 0. The summed E-state index contributed by atoms with van der Waals surface area (Å²) in [5.74, 6) is 0.00217. The number of nitro groups is 1. The molecule has 0 saturated heterocycles. The van der Waals surface area contributed by atoms with Crippen LogP contribution >= 0.6 is 0 Å². The second kappa shape index (κ2) is 3.06. The van der Waals surface area contributed by atoms with Crippen LogP contribution in [0.4, 0.5) is 11.4 Å². The summed E-state index contributed by atoms with van der Waals surface area (Å²) in [5, 5.41) is 13.7. The SMILES string of the molecule is Cc1cc([N+](=O)[O-])cc2c1NC(=O)C21CCC1. The Morgan fingerprint density at radius 3 is 2.65 bits per heavy atom. The zero-order chi connectivity index (χ0) is 12.2. The molecule has 0 bridgehead atoms. The van der Waals surface area contributed by atoms with Crippen LogP contribution in [0.15, 0.2) is 12.1 Å². The molecule has 0 unspecified atom stereocenters. The van der Waals surface area contributed by atoms with Crippen LogP contribution in [0, 0.1) is 17.0 Å². The lowest BCUT2D eigenvalue weighted by Gasteiger charge is -2.35. The van der Waals surface area contributed by atoms with Crippen LogP contribution in [0.5, 0.6) is 0 Å². The maximum Gasteiger partial charge on any atom is 0.270 e. The summed E-state index contributed by atoms with van der Waals surface area (Å²) in [6.45, 7) is 1.80. The molecule has 1 aliphatic carbocycles. The molecule has 0 atom stereocenters. The largest absolute Gasteiger partial charge is 0.325 e. The van der Waals surface area contributed by atoms with Gasteiger partial charge in [0.2, 0.25) is 5.91 Å². The van der Waals surface area contributed by atoms with Gasteiger partial charge in [-0.1, -0.05) is 6.42 Å². The molecule has 1 saturated carbocycles. The topological polar surface area (TPSA) is 72.2 Å². The van der Waals surface area contributed by atoms with Gasteiger partial charge in [-0.25, -0.2) is 0 Å². The summed E-state index contributed by atoms with van der Waals surface area (Å²) < 4.78 is 0. The summed E-state index contributed by atoms with van der Waals surface area (Å²) in [7, 11) is 0. The van der Waals surface area contributed by atoms with Gasteiger partial charge in [-0.05, 0) is 30.9 Å². The Kier molecular flexibility index (Phi) is 1.85. The molecule has 1 aliphatic heterocycles. The Balaban J connectivity index is 2.22. The fourth-order valence-corrected chi connectivity index (χ4v) is 2.80. The van der Waals surface area contributed by atoms with Gasteiger partial charge in [0.05, 0.1) is 10.3 Å². The van der Waals surface area contributed by atoms with E-state index in [0.29, 0.717) is 0 Å². The van der Waals surface area contributed by atoms with E-state index in [1.165, 1.54) is 6.07 Å². The first-order valence-corrected chi connectivity index (χ1v) is 5.65. The Morgan fingerprint density at radius 1 is 1.41 bits per heavy atom. The number of amides is 1. The van der Waals surface area contributed by atoms with Crippen molar-refractivity contribution in [2.45, 2.75) is 31.6 Å². The van der Waals surface area contributed by atoms with E-state index in [1.807, 2.05) is 0 Å². The first-order valence-electron chi connectivity index (χ1n) is 5.65. The molecule has 1 fully saturated rings. The summed E-state index contributed by atoms with van der Waals surface area (Å²) in [6, 6.07) is 3.07. The van der Waals surface area contributed by atoms with Gasteiger partial charge in [-0.2, -0.15) is 0 Å². The number of nitro benzene ring substituents is 1. The number of benzene rings is 1. The van der Waals surface area contributed by atoms with Gasteiger partial charge >= 0.3 is 0 Å². The molecule has 17 heavy (non-hydrogen) atoms. The van der Waals surface area contributed by atoms with Gasteiger partial charge in [0.15, 0.2) is 0 Å². The molecule has 0 aromatic heterocycles. The van der Waals surface area contributed by atoms with Crippen molar-refractivity contribution >= 4 is 17.3 Å². The third-order valence-corrected chi connectivity index (χ3v) is 3.93. The molecule has 2 aliphatic rings. The number of hydrogen-bond donors (Lipinski definition) is 1. The second-order valence-electron chi connectivity index (χ2n) is 4.83. The van der Waals surface area contributed by atoms with Gasteiger partial charge in [0.25, 0.3) is 5.69 Å².